The lowest BCUT2D eigenvalue weighted by molar-refractivity contribution is 0.425. The van der Waals surface area contributed by atoms with Crippen LogP contribution in [0.1, 0.15) is 44.6 Å². The normalized spacial score (nSPS) is 24.7. The van der Waals surface area contributed by atoms with Gasteiger partial charge in [-0.3, -0.25) is 0 Å². The molecule has 0 heterocycles. The molecule has 3 nitrogen and oxygen atoms in total. The van der Waals surface area contributed by atoms with Gasteiger partial charge in [-0.2, -0.15) is 0 Å². The molecule has 1 fully saturated rings. The van der Waals surface area contributed by atoms with Crippen molar-refractivity contribution < 1.29 is 10.2 Å². The van der Waals surface area contributed by atoms with Gasteiger partial charge in [-0.15, -0.1) is 0 Å². The quantitative estimate of drug-likeness (QED) is 0.721. The summed E-state index contributed by atoms with van der Waals surface area (Å²) in [7, 11) is 0. The van der Waals surface area contributed by atoms with E-state index in [0.29, 0.717) is 12.6 Å². The molecule has 1 saturated carbocycles. The summed E-state index contributed by atoms with van der Waals surface area (Å²) in [6.45, 7) is 3.00. The van der Waals surface area contributed by atoms with E-state index in [4.69, 9.17) is 0 Å². The fourth-order valence-electron chi connectivity index (χ4n) is 2.65. The van der Waals surface area contributed by atoms with Gasteiger partial charge in [-0.25, -0.2) is 0 Å². The molecule has 3 N–H and O–H groups in total. The molecule has 0 amide bonds. The molecular weight excluding hydrogens is 226 g/mol. The van der Waals surface area contributed by atoms with E-state index in [9.17, 15) is 10.2 Å². The Morgan fingerprint density at radius 3 is 2.78 bits per heavy atom. The van der Waals surface area contributed by atoms with Crippen LogP contribution in [-0.4, -0.2) is 16.3 Å². The molecule has 18 heavy (non-hydrogen) atoms. The van der Waals surface area contributed by atoms with Crippen LogP contribution in [0.15, 0.2) is 18.2 Å². The van der Waals surface area contributed by atoms with E-state index in [2.05, 4.69) is 12.2 Å². The Morgan fingerprint density at radius 1 is 1.17 bits per heavy atom. The molecule has 0 aromatic heterocycles. The minimum absolute atomic E-state index is 0.111. The number of phenols is 2. The van der Waals surface area contributed by atoms with Crippen molar-refractivity contribution >= 4 is 0 Å². The minimum atomic E-state index is 0.111. The molecule has 0 aliphatic heterocycles. The van der Waals surface area contributed by atoms with Crippen molar-refractivity contribution in [2.45, 2.75) is 51.6 Å². The van der Waals surface area contributed by atoms with E-state index in [-0.39, 0.29) is 11.5 Å². The fourth-order valence-corrected chi connectivity index (χ4v) is 2.65. The zero-order chi connectivity index (χ0) is 13.0. The Labute approximate surface area is 109 Å². The number of aromatic hydroxyl groups is 2. The average Bonchev–Trinajstić information content (AvgIpc) is 2.53. The molecule has 2 atom stereocenters. The topological polar surface area (TPSA) is 52.5 Å². The summed E-state index contributed by atoms with van der Waals surface area (Å²) in [4.78, 5) is 0. The van der Waals surface area contributed by atoms with Crippen molar-refractivity contribution in [3.05, 3.63) is 23.8 Å². The second-order valence-corrected chi connectivity index (χ2v) is 5.50. The lowest BCUT2D eigenvalue weighted by Crippen LogP contribution is -2.27. The van der Waals surface area contributed by atoms with Crippen molar-refractivity contribution in [3.8, 4) is 11.5 Å². The molecule has 0 saturated heterocycles. The first-order valence-corrected chi connectivity index (χ1v) is 6.89. The Bertz CT molecular complexity index is 392. The van der Waals surface area contributed by atoms with Gasteiger partial charge >= 0.3 is 0 Å². The molecule has 0 bridgehead atoms. The Morgan fingerprint density at radius 2 is 2.00 bits per heavy atom. The highest BCUT2D eigenvalue weighted by Crippen LogP contribution is 2.25. The maximum absolute atomic E-state index is 9.72. The third-order valence-corrected chi connectivity index (χ3v) is 3.91. The van der Waals surface area contributed by atoms with Gasteiger partial charge in [0.2, 0.25) is 0 Å². The number of nitrogens with one attached hydrogen (secondary N) is 1. The van der Waals surface area contributed by atoms with Gasteiger partial charge in [0, 0.05) is 24.2 Å². The SMILES string of the molecule is CC1CCCC(NCc2ccc(O)cc2O)CC1. The van der Waals surface area contributed by atoms with E-state index < -0.39 is 0 Å². The highest BCUT2D eigenvalue weighted by molar-refractivity contribution is 5.38. The predicted octanol–water partition coefficient (Wildman–Crippen LogP) is 3.16. The number of benzene rings is 1. The van der Waals surface area contributed by atoms with Crippen LogP contribution < -0.4 is 5.32 Å². The van der Waals surface area contributed by atoms with Gasteiger partial charge in [0.1, 0.15) is 11.5 Å². The van der Waals surface area contributed by atoms with Gasteiger partial charge in [0.25, 0.3) is 0 Å². The second-order valence-electron chi connectivity index (χ2n) is 5.50. The van der Waals surface area contributed by atoms with E-state index >= 15 is 0 Å². The zero-order valence-electron chi connectivity index (χ0n) is 11.0. The van der Waals surface area contributed by atoms with Crippen LogP contribution in [0.4, 0.5) is 0 Å². The second kappa shape index (κ2) is 6.10. The first-order valence-electron chi connectivity index (χ1n) is 6.89. The van der Waals surface area contributed by atoms with E-state index in [1.54, 1.807) is 12.1 Å². The van der Waals surface area contributed by atoms with Gasteiger partial charge in [0.05, 0.1) is 0 Å². The summed E-state index contributed by atoms with van der Waals surface area (Å²) in [5.41, 5.74) is 0.852. The van der Waals surface area contributed by atoms with E-state index in [1.807, 2.05) is 0 Å². The maximum Gasteiger partial charge on any atom is 0.123 e. The number of phenolic OH excluding ortho intramolecular Hbond substituents is 2. The molecule has 1 aromatic rings. The molecule has 2 rings (SSSR count). The maximum atomic E-state index is 9.72. The lowest BCUT2D eigenvalue weighted by Gasteiger charge is -2.17. The number of hydrogen-bond donors (Lipinski definition) is 3. The molecule has 100 valence electrons. The van der Waals surface area contributed by atoms with E-state index in [0.717, 1.165) is 11.5 Å². The van der Waals surface area contributed by atoms with Crippen molar-refractivity contribution in [2.24, 2.45) is 5.92 Å². The van der Waals surface area contributed by atoms with Crippen LogP contribution in [0.3, 0.4) is 0 Å². The Hall–Kier alpha value is -1.22. The molecule has 1 aliphatic carbocycles. The largest absolute Gasteiger partial charge is 0.508 e. The Balaban J connectivity index is 1.87. The molecular formula is C15H23NO2. The van der Waals surface area contributed by atoms with Crippen LogP contribution >= 0.6 is 0 Å². The standard InChI is InChI=1S/C15H23NO2/c1-11-3-2-4-13(7-5-11)16-10-12-6-8-14(17)9-15(12)18/h6,8-9,11,13,16-18H,2-5,7,10H2,1H3. The highest BCUT2D eigenvalue weighted by Gasteiger charge is 2.15. The minimum Gasteiger partial charge on any atom is -0.508 e. The van der Waals surface area contributed by atoms with Crippen LogP contribution in [-0.2, 0) is 6.54 Å². The van der Waals surface area contributed by atoms with Gasteiger partial charge in [-0.1, -0.05) is 25.8 Å². The highest BCUT2D eigenvalue weighted by atomic mass is 16.3. The number of hydrogen-bond acceptors (Lipinski definition) is 3. The smallest absolute Gasteiger partial charge is 0.123 e. The molecule has 2 unspecified atom stereocenters. The van der Waals surface area contributed by atoms with Crippen molar-refractivity contribution in [2.75, 3.05) is 0 Å². The average molecular weight is 249 g/mol. The van der Waals surface area contributed by atoms with E-state index in [1.165, 1.54) is 38.2 Å². The van der Waals surface area contributed by atoms with Gasteiger partial charge in [0.15, 0.2) is 0 Å². The fraction of sp³-hybridized carbons (Fsp3) is 0.600. The summed E-state index contributed by atoms with van der Waals surface area (Å²) in [6.07, 6.45) is 6.37. The molecule has 0 spiro atoms. The first-order chi connectivity index (χ1) is 8.65. The first kappa shape index (κ1) is 13.2. The summed E-state index contributed by atoms with van der Waals surface area (Å²) < 4.78 is 0. The van der Waals surface area contributed by atoms with Crippen molar-refractivity contribution in [3.63, 3.8) is 0 Å². The van der Waals surface area contributed by atoms with Crippen LogP contribution in [0, 0.1) is 5.92 Å². The molecule has 1 aromatic carbocycles. The monoisotopic (exact) mass is 249 g/mol. The summed E-state index contributed by atoms with van der Waals surface area (Å²) >= 11 is 0. The predicted molar refractivity (Wildman–Crippen MR) is 72.6 cm³/mol. The van der Waals surface area contributed by atoms with Crippen LogP contribution in [0.25, 0.3) is 0 Å². The van der Waals surface area contributed by atoms with Gasteiger partial charge < -0.3 is 15.5 Å². The molecule has 1 aliphatic rings. The number of rotatable bonds is 3. The van der Waals surface area contributed by atoms with Crippen molar-refractivity contribution in [1.82, 2.24) is 5.32 Å². The molecule has 3 heteroatoms. The lowest BCUT2D eigenvalue weighted by atomic mass is 10.0. The third-order valence-electron chi connectivity index (χ3n) is 3.91. The Kier molecular flexibility index (Phi) is 4.48. The third kappa shape index (κ3) is 3.64. The summed E-state index contributed by atoms with van der Waals surface area (Å²) in [6, 6.07) is 5.35. The zero-order valence-corrected chi connectivity index (χ0v) is 11.0. The summed E-state index contributed by atoms with van der Waals surface area (Å²) in [5, 5.41) is 22.5. The molecule has 0 radical (unpaired) electrons. The summed E-state index contributed by atoms with van der Waals surface area (Å²) in [5.74, 6) is 1.13. The van der Waals surface area contributed by atoms with Gasteiger partial charge in [-0.05, 0) is 31.2 Å². The van der Waals surface area contributed by atoms with Crippen LogP contribution in [0.5, 0.6) is 11.5 Å². The van der Waals surface area contributed by atoms with Crippen molar-refractivity contribution in [1.29, 1.82) is 0 Å². The van der Waals surface area contributed by atoms with Crippen LogP contribution in [0.2, 0.25) is 0 Å².